The summed E-state index contributed by atoms with van der Waals surface area (Å²) in [7, 11) is 2.35. The van der Waals surface area contributed by atoms with Crippen LogP contribution in [0, 0.1) is 0 Å². The number of benzene rings is 2. The summed E-state index contributed by atoms with van der Waals surface area (Å²) in [6.45, 7) is 1.59. The Morgan fingerprint density at radius 1 is 0.935 bits per heavy atom. The van der Waals surface area contributed by atoms with E-state index in [2.05, 4.69) is 4.37 Å². The van der Waals surface area contributed by atoms with Crippen LogP contribution in [0.5, 0.6) is 28.7 Å². The fraction of sp³-hybridized carbons (Fsp3) is 0.286. The molecule has 3 aromatic rings. The van der Waals surface area contributed by atoms with E-state index < -0.39 is 7.60 Å². The Morgan fingerprint density at radius 3 is 2.16 bits per heavy atom. The van der Waals surface area contributed by atoms with Crippen LogP contribution in [0.1, 0.15) is 6.92 Å². The molecule has 0 bridgehead atoms. The Bertz CT molecular complexity index is 1090. The van der Waals surface area contributed by atoms with Gasteiger partial charge in [-0.15, -0.1) is 0 Å². The van der Waals surface area contributed by atoms with Gasteiger partial charge in [-0.3, -0.25) is 0 Å². The zero-order valence-electron chi connectivity index (χ0n) is 17.9. The summed E-state index contributed by atoms with van der Waals surface area (Å²) < 4.78 is 43.7. The van der Waals surface area contributed by atoms with Crippen molar-refractivity contribution in [2.75, 3.05) is 34.6 Å². The van der Waals surface area contributed by atoms with Gasteiger partial charge in [0.05, 0.1) is 39.5 Å². The molecule has 0 aliphatic heterocycles. The molecule has 1 aromatic heterocycles. The summed E-state index contributed by atoms with van der Waals surface area (Å²) in [5, 5.41) is 0. The lowest BCUT2D eigenvalue weighted by Crippen LogP contribution is -1.97. The number of rotatable bonds is 9. The molecular formula is C21H24NO7PS. The van der Waals surface area contributed by atoms with Gasteiger partial charge in [-0.25, -0.2) is 4.57 Å². The second-order valence-electron chi connectivity index (χ2n) is 6.39. The largest absolute Gasteiger partial charge is 0.497 e. The molecule has 3 rings (SSSR count). The first-order chi connectivity index (χ1) is 14.9. The molecule has 1 N–H and O–H groups in total. The highest BCUT2D eigenvalue weighted by Gasteiger charge is 2.24. The molecule has 0 radical (unpaired) electrons. The predicted molar refractivity (Wildman–Crippen MR) is 120 cm³/mol. The molecule has 1 heterocycles. The second kappa shape index (κ2) is 9.60. The summed E-state index contributed by atoms with van der Waals surface area (Å²) in [4.78, 5) is 10.9. The van der Waals surface area contributed by atoms with Gasteiger partial charge >= 0.3 is 7.60 Å². The van der Waals surface area contributed by atoms with Crippen LogP contribution in [-0.2, 0) is 4.57 Å². The highest BCUT2D eigenvalue weighted by atomic mass is 32.1. The van der Waals surface area contributed by atoms with Crippen molar-refractivity contribution in [3.63, 3.8) is 0 Å². The van der Waals surface area contributed by atoms with Crippen LogP contribution in [0.2, 0.25) is 0 Å². The SMILES string of the molecule is CCP(=O)(O)Oc1cc(OC)ccc1-c1cnsc1-c1cc(OC)c(OC)c(OC)c1. The average molecular weight is 465 g/mol. The van der Waals surface area contributed by atoms with E-state index in [1.807, 2.05) is 12.1 Å². The molecule has 0 saturated carbocycles. The lowest BCUT2D eigenvalue weighted by atomic mass is 10.0. The van der Waals surface area contributed by atoms with Crippen LogP contribution in [0.25, 0.3) is 21.6 Å². The Kier molecular flexibility index (Phi) is 7.10. The maximum absolute atomic E-state index is 12.3. The Hall–Kier alpha value is -2.74. The maximum atomic E-state index is 12.3. The number of nitrogens with zero attached hydrogens (tertiary/aromatic N) is 1. The first-order valence-electron chi connectivity index (χ1n) is 9.32. The van der Waals surface area contributed by atoms with Crippen molar-refractivity contribution in [1.29, 1.82) is 0 Å². The van der Waals surface area contributed by atoms with E-state index in [0.717, 1.165) is 16.0 Å². The second-order valence-corrected chi connectivity index (χ2v) is 9.28. The van der Waals surface area contributed by atoms with Crippen molar-refractivity contribution in [1.82, 2.24) is 4.37 Å². The van der Waals surface area contributed by atoms with Gasteiger partial charge in [0.25, 0.3) is 0 Å². The van der Waals surface area contributed by atoms with E-state index in [9.17, 15) is 9.46 Å². The molecule has 0 fully saturated rings. The van der Waals surface area contributed by atoms with Crippen LogP contribution in [0.4, 0.5) is 0 Å². The molecule has 8 nitrogen and oxygen atoms in total. The van der Waals surface area contributed by atoms with E-state index in [1.165, 1.54) is 18.6 Å². The summed E-state index contributed by atoms with van der Waals surface area (Å²) in [6, 6.07) is 8.77. The third-order valence-electron chi connectivity index (χ3n) is 4.62. The molecule has 0 spiro atoms. The minimum atomic E-state index is -3.81. The van der Waals surface area contributed by atoms with Crippen LogP contribution >= 0.6 is 19.1 Å². The van der Waals surface area contributed by atoms with Crippen LogP contribution in [-0.4, -0.2) is 43.9 Å². The van der Waals surface area contributed by atoms with Crippen molar-refractivity contribution in [3.05, 3.63) is 36.5 Å². The maximum Gasteiger partial charge on any atom is 0.376 e. The van der Waals surface area contributed by atoms with Crippen molar-refractivity contribution >= 4 is 19.1 Å². The van der Waals surface area contributed by atoms with E-state index in [-0.39, 0.29) is 11.9 Å². The van der Waals surface area contributed by atoms with Gasteiger partial charge in [-0.2, -0.15) is 4.37 Å². The minimum Gasteiger partial charge on any atom is -0.497 e. The van der Waals surface area contributed by atoms with Crippen LogP contribution in [0.15, 0.2) is 36.5 Å². The van der Waals surface area contributed by atoms with Gasteiger partial charge in [0.1, 0.15) is 11.5 Å². The monoisotopic (exact) mass is 465 g/mol. The van der Waals surface area contributed by atoms with Crippen molar-refractivity contribution in [2.45, 2.75) is 6.92 Å². The molecule has 1 unspecified atom stereocenters. The van der Waals surface area contributed by atoms with Gasteiger partial charge in [0.2, 0.25) is 5.75 Å². The Balaban J connectivity index is 2.18. The molecular weight excluding hydrogens is 441 g/mol. The summed E-state index contributed by atoms with van der Waals surface area (Å²) in [5.41, 5.74) is 2.13. The molecule has 31 heavy (non-hydrogen) atoms. The highest BCUT2D eigenvalue weighted by Crippen LogP contribution is 2.49. The number of methoxy groups -OCH3 is 4. The minimum absolute atomic E-state index is 0.0225. The fourth-order valence-electron chi connectivity index (χ4n) is 3.00. The number of aromatic nitrogens is 1. The lowest BCUT2D eigenvalue weighted by Gasteiger charge is -2.17. The fourth-order valence-corrected chi connectivity index (χ4v) is 4.33. The van der Waals surface area contributed by atoms with Crippen molar-refractivity contribution < 1.29 is 32.9 Å². The topological polar surface area (TPSA) is 96.3 Å². The standard InChI is InChI=1S/C21H24NO7PS/c1-6-30(23,24)29-17-11-14(25-2)7-8-15(17)16-12-22-31-21(16)13-9-18(26-3)20(28-5)19(10-13)27-4/h7-12H,6H2,1-5H3,(H,23,24). The van der Waals surface area contributed by atoms with Crippen LogP contribution < -0.4 is 23.5 Å². The molecule has 10 heteroatoms. The van der Waals surface area contributed by atoms with Gasteiger partial charge in [-0.05, 0) is 35.8 Å². The van der Waals surface area contributed by atoms with Gasteiger partial charge in [-0.1, -0.05) is 6.92 Å². The lowest BCUT2D eigenvalue weighted by molar-refractivity contribution is 0.324. The number of hydrogen-bond acceptors (Lipinski definition) is 8. The first kappa shape index (κ1) is 22.9. The first-order valence-corrected chi connectivity index (χ1v) is 11.9. The third-order valence-corrected chi connectivity index (χ3v) is 6.75. The number of hydrogen-bond donors (Lipinski definition) is 1. The van der Waals surface area contributed by atoms with E-state index in [1.54, 1.807) is 52.6 Å². The third kappa shape index (κ3) is 4.79. The molecule has 166 valence electrons. The average Bonchev–Trinajstić information content (AvgIpc) is 3.27. The van der Waals surface area contributed by atoms with Gasteiger partial charge in [0, 0.05) is 29.0 Å². The molecule has 1 atom stereocenters. The van der Waals surface area contributed by atoms with E-state index >= 15 is 0 Å². The van der Waals surface area contributed by atoms with Gasteiger partial charge in [0.15, 0.2) is 11.5 Å². The summed E-state index contributed by atoms with van der Waals surface area (Å²) >= 11 is 1.27. The Morgan fingerprint density at radius 2 is 1.61 bits per heavy atom. The zero-order chi connectivity index (χ0) is 22.6. The summed E-state index contributed by atoms with van der Waals surface area (Å²) in [5.74, 6) is 2.24. The quantitative estimate of drug-likeness (QED) is 0.436. The molecule has 0 aliphatic rings. The zero-order valence-corrected chi connectivity index (χ0v) is 19.6. The van der Waals surface area contributed by atoms with E-state index in [0.29, 0.717) is 28.6 Å². The smallest absolute Gasteiger partial charge is 0.376 e. The summed E-state index contributed by atoms with van der Waals surface area (Å²) in [6.07, 6.45) is 1.66. The molecule has 0 aliphatic carbocycles. The normalized spacial score (nSPS) is 12.7. The number of ether oxygens (including phenoxy) is 4. The van der Waals surface area contributed by atoms with Crippen LogP contribution in [0.3, 0.4) is 0 Å². The van der Waals surface area contributed by atoms with Crippen molar-refractivity contribution in [3.8, 4) is 50.3 Å². The van der Waals surface area contributed by atoms with E-state index in [4.69, 9.17) is 23.5 Å². The van der Waals surface area contributed by atoms with Crippen molar-refractivity contribution in [2.24, 2.45) is 0 Å². The molecule has 0 saturated heterocycles. The molecule has 0 amide bonds. The van der Waals surface area contributed by atoms with Gasteiger partial charge < -0.3 is 28.4 Å². The molecule has 2 aromatic carbocycles. The Labute approximate surface area is 185 Å². The predicted octanol–water partition coefficient (Wildman–Crippen LogP) is 5.10. The highest BCUT2D eigenvalue weighted by molar-refractivity contribution is 7.53.